The predicted molar refractivity (Wildman–Crippen MR) is 169 cm³/mol. The van der Waals surface area contributed by atoms with E-state index in [1.807, 2.05) is 0 Å². The van der Waals surface area contributed by atoms with Crippen molar-refractivity contribution >= 4 is 11.9 Å². The number of rotatable bonds is 13. The third kappa shape index (κ3) is 10.3. The quantitative estimate of drug-likeness (QED) is 0.103. The highest BCUT2D eigenvalue weighted by atomic mass is 19.4. The Morgan fingerprint density at radius 2 is 1.33 bits per heavy atom. The topological polar surface area (TPSA) is 105 Å². The van der Waals surface area contributed by atoms with Crippen LogP contribution in [-0.2, 0) is 42.0 Å². The summed E-state index contributed by atoms with van der Waals surface area (Å²) in [5.74, 6) is -1.13. The molecule has 4 aromatic rings. The van der Waals surface area contributed by atoms with E-state index in [1.54, 1.807) is 6.07 Å². The zero-order chi connectivity index (χ0) is 38.6. The number of hydrogen-bond acceptors (Lipinski definition) is 7. The summed E-state index contributed by atoms with van der Waals surface area (Å²) in [5.41, 5.74) is -5.58. The molecule has 0 spiro atoms. The minimum atomic E-state index is -5.17. The van der Waals surface area contributed by atoms with E-state index in [-0.39, 0.29) is 59.7 Å². The van der Waals surface area contributed by atoms with Crippen LogP contribution in [0.25, 0.3) is 11.1 Å². The number of anilines is 1. The highest BCUT2D eigenvalue weighted by Gasteiger charge is 2.37. The first-order valence-electron chi connectivity index (χ1n) is 15.4. The van der Waals surface area contributed by atoms with Gasteiger partial charge in [0.15, 0.2) is 5.75 Å². The molecule has 8 nitrogen and oxygen atoms in total. The van der Waals surface area contributed by atoms with Crippen LogP contribution >= 0.6 is 0 Å². The fourth-order valence-electron chi connectivity index (χ4n) is 5.16. The Morgan fingerprint density at radius 3 is 1.85 bits per heavy atom. The molecule has 4 rings (SSSR count). The molecule has 1 aromatic heterocycles. The lowest BCUT2D eigenvalue weighted by Gasteiger charge is -2.26. The number of ether oxygens (including phenoxy) is 2. The number of aliphatic hydroxyl groups is 1. The predicted octanol–water partition coefficient (Wildman–Crippen LogP) is 8.89. The summed E-state index contributed by atoms with van der Waals surface area (Å²) >= 11 is 0. The average Bonchev–Trinajstić information content (AvgIpc) is 3.04. The van der Waals surface area contributed by atoms with Crippen LogP contribution in [0.1, 0.15) is 60.1 Å². The summed E-state index contributed by atoms with van der Waals surface area (Å²) in [4.78, 5) is 20.1. The van der Waals surface area contributed by atoms with Crippen molar-refractivity contribution in [3.63, 3.8) is 0 Å². The molecule has 0 atom stereocenters. The van der Waals surface area contributed by atoms with Gasteiger partial charge in [0, 0.05) is 25.1 Å². The second-order valence-electron chi connectivity index (χ2n) is 12.2. The largest absolute Gasteiger partial charge is 0.496 e. The van der Waals surface area contributed by atoms with Crippen LogP contribution < -0.4 is 14.4 Å². The fraction of sp³-hybridized carbons (Fsp3) is 0.343. The maximum absolute atomic E-state index is 14.0. The fourth-order valence-corrected chi connectivity index (χ4v) is 5.16. The van der Waals surface area contributed by atoms with Crippen molar-refractivity contribution in [1.82, 2.24) is 9.97 Å². The van der Waals surface area contributed by atoms with Crippen LogP contribution in [-0.4, -0.2) is 39.9 Å². The van der Waals surface area contributed by atoms with Crippen molar-refractivity contribution in [2.45, 2.75) is 63.9 Å². The number of hydrogen-bond donors (Lipinski definition) is 2. The first kappa shape index (κ1) is 39.7. The summed E-state index contributed by atoms with van der Waals surface area (Å²) in [5, 5.41) is 19.5. The first-order valence-corrected chi connectivity index (χ1v) is 15.4. The van der Waals surface area contributed by atoms with Gasteiger partial charge in [0.2, 0.25) is 5.95 Å². The van der Waals surface area contributed by atoms with E-state index in [1.165, 1.54) is 33.1 Å². The van der Waals surface area contributed by atoms with Crippen LogP contribution in [0.5, 0.6) is 11.5 Å². The van der Waals surface area contributed by atoms with Gasteiger partial charge in [-0.2, -0.15) is 39.5 Å². The molecule has 0 saturated carbocycles. The summed E-state index contributed by atoms with van der Waals surface area (Å²) in [6, 6.07) is 8.18. The third-order valence-electron chi connectivity index (χ3n) is 7.71. The van der Waals surface area contributed by atoms with Crippen LogP contribution in [0.3, 0.4) is 0 Å². The Kier molecular flexibility index (Phi) is 11.7. The van der Waals surface area contributed by atoms with E-state index < -0.39 is 65.4 Å². The van der Waals surface area contributed by atoms with Gasteiger partial charge in [-0.15, -0.1) is 0 Å². The van der Waals surface area contributed by atoms with Gasteiger partial charge in [0.1, 0.15) is 5.75 Å². The molecule has 0 saturated heterocycles. The van der Waals surface area contributed by atoms with E-state index in [0.29, 0.717) is 17.7 Å². The Morgan fingerprint density at radius 1 is 0.750 bits per heavy atom. The van der Waals surface area contributed by atoms with Gasteiger partial charge in [-0.1, -0.05) is 12.1 Å². The van der Waals surface area contributed by atoms with Crippen molar-refractivity contribution in [3.8, 4) is 22.6 Å². The molecule has 280 valence electrons. The van der Waals surface area contributed by atoms with Crippen LogP contribution in [0, 0.1) is 0 Å². The van der Waals surface area contributed by atoms with Crippen molar-refractivity contribution < 1.29 is 64.0 Å². The maximum atomic E-state index is 14.0. The molecule has 0 radical (unpaired) electrons. The Labute approximate surface area is 291 Å². The molecular formula is C35H32F9N3O5. The van der Waals surface area contributed by atoms with Crippen LogP contribution in [0.4, 0.5) is 45.5 Å². The highest BCUT2D eigenvalue weighted by Crippen LogP contribution is 2.41. The lowest BCUT2D eigenvalue weighted by Crippen LogP contribution is -2.26. The van der Waals surface area contributed by atoms with E-state index >= 15 is 0 Å². The molecule has 0 aliphatic carbocycles. The van der Waals surface area contributed by atoms with Crippen molar-refractivity contribution in [2.75, 3.05) is 18.6 Å². The minimum Gasteiger partial charge on any atom is -0.496 e. The molecule has 17 heteroatoms. The average molecular weight is 746 g/mol. The number of benzene rings is 3. The Hall–Kier alpha value is -5.06. The van der Waals surface area contributed by atoms with E-state index in [9.17, 15) is 49.4 Å². The standard InChI is InChI=1S/C35H32F9N3O5/c1-32(2,50)22-7-9-29(51-3)28(15-22)27-8-6-23(33(36,37)38)13-21(27)19-47(31-45-16-26(17-46-31)52-10-4-5-30(48)49)18-20-11-24(34(39,40)41)14-25(12-20)35(42,43)44/h6-9,11-17,50H,4-5,10,18-19H2,1-3H3,(H,48,49). The molecule has 0 unspecified atom stereocenters. The molecule has 0 aliphatic rings. The smallest absolute Gasteiger partial charge is 0.416 e. The van der Waals surface area contributed by atoms with Gasteiger partial charge in [-0.05, 0) is 85.0 Å². The number of carboxylic acids is 1. The zero-order valence-corrected chi connectivity index (χ0v) is 27.7. The van der Waals surface area contributed by atoms with Gasteiger partial charge in [-0.3, -0.25) is 4.79 Å². The number of nitrogens with zero attached hydrogens (tertiary/aromatic N) is 3. The molecular weight excluding hydrogens is 713 g/mol. The highest BCUT2D eigenvalue weighted by molar-refractivity contribution is 5.75. The molecule has 1 heterocycles. The van der Waals surface area contributed by atoms with Crippen molar-refractivity contribution in [1.29, 1.82) is 0 Å². The maximum Gasteiger partial charge on any atom is 0.416 e. The molecule has 0 aliphatic heterocycles. The van der Waals surface area contributed by atoms with Crippen LogP contribution in [0.2, 0.25) is 0 Å². The van der Waals surface area contributed by atoms with Gasteiger partial charge in [0.05, 0.1) is 48.4 Å². The Balaban J connectivity index is 1.89. The second kappa shape index (κ2) is 15.3. The monoisotopic (exact) mass is 745 g/mol. The molecule has 2 N–H and O–H groups in total. The summed E-state index contributed by atoms with van der Waals surface area (Å²) in [6.07, 6.45) is -13.0. The summed E-state index contributed by atoms with van der Waals surface area (Å²) in [7, 11) is 1.31. The van der Waals surface area contributed by atoms with Gasteiger partial charge in [0.25, 0.3) is 0 Å². The third-order valence-corrected chi connectivity index (χ3v) is 7.71. The number of alkyl halides is 9. The van der Waals surface area contributed by atoms with Crippen molar-refractivity contribution in [3.05, 3.63) is 100 Å². The molecule has 0 bridgehead atoms. The number of halogens is 9. The molecule has 0 fully saturated rings. The minimum absolute atomic E-state index is 0.0421. The number of methoxy groups -OCH3 is 1. The number of aromatic nitrogens is 2. The molecule has 0 amide bonds. The van der Waals surface area contributed by atoms with Crippen molar-refractivity contribution in [2.24, 2.45) is 0 Å². The lowest BCUT2D eigenvalue weighted by molar-refractivity contribution is -0.143. The van der Waals surface area contributed by atoms with E-state index in [2.05, 4.69) is 9.97 Å². The molecule has 52 heavy (non-hydrogen) atoms. The van der Waals surface area contributed by atoms with Gasteiger partial charge >= 0.3 is 24.5 Å². The number of carboxylic acid groups (broad SMARTS) is 1. The summed E-state index contributed by atoms with van der Waals surface area (Å²) < 4.78 is 136. The number of carbonyl (C=O) groups is 1. The van der Waals surface area contributed by atoms with E-state index in [4.69, 9.17) is 14.6 Å². The first-order chi connectivity index (χ1) is 24.1. The van der Waals surface area contributed by atoms with Gasteiger partial charge in [-0.25, -0.2) is 9.97 Å². The molecule has 3 aromatic carbocycles. The van der Waals surface area contributed by atoms with Gasteiger partial charge < -0.3 is 24.6 Å². The zero-order valence-electron chi connectivity index (χ0n) is 27.7. The summed E-state index contributed by atoms with van der Waals surface area (Å²) in [6.45, 7) is 1.60. The van der Waals surface area contributed by atoms with E-state index in [0.717, 1.165) is 35.5 Å². The lowest BCUT2D eigenvalue weighted by atomic mass is 9.91. The SMILES string of the molecule is COc1ccc(C(C)(C)O)cc1-c1ccc(C(F)(F)F)cc1CN(Cc1cc(C(F)(F)F)cc(C(F)(F)F)c1)c1ncc(OCCCC(=O)O)cn1. The van der Waals surface area contributed by atoms with Crippen LogP contribution in [0.15, 0.2) is 67.0 Å². The normalized spacial score (nSPS) is 12.5. The second-order valence-corrected chi connectivity index (χ2v) is 12.2. The Bertz CT molecular complexity index is 1840. The number of aliphatic carboxylic acids is 1.